The number of aromatic nitrogens is 2. The summed E-state index contributed by atoms with van der Waals surface area (Å²) in [7, 11) is 1.77. The molecular formula is C15H14ClFN2OS. The molecule has 1 atom stereocenters. The molecule has 0 aliphatic rings. The van der Waals surface area contributed by atoms with Gasteiger partial charge >= 0.3 is 0 Å². The summed E-state index contributed by atoms with van der Waals surface area (Å²) < 4.78 is 15.8. The molecule has 0 fully saturated rings. The lowest BCUT2D eigenvalue weighted by molar-refractivity contribution is 0.182. The molecule has 6 heteroatoms. The van der Waals surface area contributed by atoms with Crippen LogP contribution in [0.15, 0.2) is 24.3 Å². The molecule has 0 saturated carbocycles. The van der Waals surface area contributed by atoms with Gasteiger partial charge in [-0.25, -0.2) is 4.39 Å². The molecule has 110 valence electrons. The van der Waals surface area contributed by atoms with Crippen LogP contribution in [0.4, 0.5) is 4.39 Å². The van der Waals surface area contributed by atoms with Gasteiger partial charge in [0.25, 0.3) is 0 Å². The molecule has 0 aliphatic carbocycles. The van der Waals surface area contributed by atoms with Crippen LogP contribution in [-0.4, -0.2) is 14.9 Å². The monoisotopic (exact) mass is 324 g/mol. The summed E-state index contributed by atoms with van der Waals surface area (Å²) in [6.07, 6.45) is -0.278. The lowest BCUT2D eigenvalue weighted by Crippen LogP contribution is -2.00. The second kappa shape index (κ2) is 5.40. The molecule has 2 aromatic heterocycles. The van der Waals surface area contributed by atoms with Crippen molar-refractivity contribution in [1.82, 2.24) is 9.78 Å². The van der Waals surface area contributed by atoms with E-state index in [4.69, 9.17) is 11.6 Å². The van der Waals surface area contributed by atoms with Gasteiger partial charge in [0.1, 0.15) is 11.0 Å². The molecule has 0 spiro atoms. The van der Waals surface area contributed by atoms with Gasteiger partial charge in [0, 0.05) is 28.6 Å². The van der Waals surface area contributed by atoms with Crippen LogP contribution in [0, 0.1) is 12.7 Å². The van der Waals surface area contributed by atoms with E-state index < -0.39 is 6.10 Å². The molecule has 0 bridgehead atoms. The molecule has 21 heavy (non-hydrogen) atoms. The number of aliphatic hydroxyl groups excluding tert-OH is 1. The maximum absolute atomic E-state index is 13.2. The van der Waals surface area contributed by atoms with Gasteiger partial charge in [-0.2, -0.15) is 5.10 Å². The van der Waals surface area contributed by atoms with E-state index in [1.807, 2.05) is 13.0 Å². The Balaban J connectivity index is 1.91. The van der Waals surface area contributed by atoms with Gasteiger partial charge in [-0.3, -0.25) is 4.68 Å². The van der Waals surface area contributed by atoms with Crippen LogP contribution in [-0.2, 0) is 13.5 Å². The Kier molecular flexibility index (Phi) is 3.73. The summed E-state index contributed by atoms with van der Waals surface area (Å²) in [4.78, 5) is 0.801. The number of halogens is 2. The van der Waals surface area contributed by atoms with E-state index in [0.29, 0.717) is 11.6 Å². The summed E-state index contributed by atoms with van der Waals surface area (Å²) in [5.41, 5.74) is 1.66. The van der Waals surface area contributed by atoms with Gasteiger partial charge in [-0.15, -0.1) is 11.3 Å². The van der Waals surface area contributed by atoms with Gasteiger partial charge in [0.15, 0.2) is 0 Å². The minimum absolute atomic E-state index is 0.271. The minimum Gasteiger partial charge on any atom is -0.387 e. The molecule has 0 amide bonds. The van der Waals surface area contributed by atoms with Crippen LogP contribution in [0.3, 0.4) is 0 Å². The SMILES string of the molecule is Cc1nn(C)c(Cl)c1CC(O)c1cc2cc(F)ccc2s1. The predicted molar refractivity (Wildman–Crippen MR) is 83.4 cm³/mol. The van der Waals surface area contributed by atoms with Crippen LogP contribution in [0.2, 0.25) is 5.15 Å². The number of fused-ring (bicyclic) bond motifs is 1. The number of nitrogens with zero attached hydrogens (tertiary/aromatic N) is 2. The average Bonchev–Trinajstić information content (AvgIpc) is 2.95. The number of rotatable bonds is 3. The highest BCUT2D eigenvalue weighted by atomic mass is 35.5. The summed E-state index contributed by atoms with van der Waals surface area (Å²) in [6.45, 7) is 1.87. The second-order valence-electron chi connectivity index (χ2n) is 5.03. The quantitative estimate of drug-likeness (QED) is 0.790. The van der Waals surface area contributed by atoms with Crippen molar-refractivity contribution in [2.24, 2.45) is 7.05 Å². The van der Waals surface area contributed by atoms with Crippen LogP contribution >= 0.6 is 22.9 Å². The van der Waals surface area contributed by atoms with E-state index in [1.54, 1.807) is 17.8 Å². The van der Waals surface area contributed by atoms with Crippen LogP contribution < -0.4 is 0 Å². The average molecular weight is 325 g/mol. The van der Waals surface area contributed by atoms with Gasteiger partial charge in [0.2, 0.25) is 0 Å². The predicted octanol–water partition coefficient (Wildman–Crippen LogP) is 4.01. The van der Waals surface area contributed by atoms with E-state index in [9.17, 15) is 9.50 Å². The number of thiophene rings is 1. The number of hydrogen-bond donors (Lipinski definition) is 1. The Bertz CT molecular complexity index is 811. The molecule has 3 aromatic rings. The van der Waals surface area contributed by atoms with E-state index >= 15 is 0 Å². The first-order valence-corrected chi connectivity index (χ1v) is 7.70. The van der Waals surface area contributed by atoms with Crippen molar-refractivity contribution < 1.29 is 9.50 Å². The lowest BCUT2D eigenvalue weighted by atomic mass is 10.1. The molecular weight excluding hydrogens is 311 g/mol. The first-order chi connectivity index (χ1) is 9.95. The number of hydrogen-bond acceptors (Lipinski definition) is 3. The van der Waals surface area contributed by atoms with Crippen LogP contribution in [0.5, 0.6) is 0 Å². The second-order valence-corrected chi connectivity index (χ2v) is 6.50. The molecule has 0 aliphatic heterocycles. The summed E-state index contributed by atoms with van der Waals surface area (Å²) in [6, 6.07) is 6.46. The zero-order chi connectivity index (χ0) is 15.1. The Morgan fingerprint density at radius 1 is 1.43 bits per heavy atom. The van der Waals surface area contributed by atoms with Crippen molar-refractivity contribution >= 4 is 33.0 Å². The molecule has 1 N–H and O–H groups in total. The summed E-state index contributed by atoms with van der Waals surface area (Å²) in [5, 5.41) is 16.0. The molecule has 1 unspecified atom stereocenters. The fourth-order valence-corrected chi connectivity index (χ4v) is 3.68. The molecule has 0 saturated heterocycles. The van der Waals surface area contributed by atoms with Gasteiger partial charge in [-0.1, -0.05) is 11.6 Å². The first kappa shape index (κ1) is 14.5. The maximum Gasteiger partial charge on any atom is 0.130 e. The Hall–Kier alpha value is -1.43. The van der Waals surface area contributed by atoms with Crippen LogP contribution in [0.1, 0.15) is 22.2 Å². The Morgan fingerprint density at radius 2 is 2.19 bits per heavy atom. The third kappa shape index (κ3) is 2.69. The fraction of sp³-hybridized carbons (Fsp3) is 0.267. The van der Waals surface area contributed by atoms with E-state index in [0.717, 1.165) is 26.2 Å². The van der Waals surface area contributed by atoms with E-state index in [-0.39, 0.29) is 5.82 Å². The van der Waals surface area contributed by atoms with Gasteiger partial charge in [0.05, 0.1) is 11.8 Å². The normalized spacial score (nSPS) is 13.0. The van der Waals surface area contributed by atoms with Gasteiger partial charge < -0.3 is 5.11 Å². The molecule has 3 nitrogen and oxygen atoms in total. The Labute approximate surface area is 130 Å². The highest BCUT2D eigenvalue weighted by Gasteiger charge is 2.18. The highest BCUT2D eigenvalue weighted by Crippen LogP contribution is 2.33. The lowest BCUT2D eigenvalue weighted by Gasteiger charge is -2.08. The third-order valence-electron chi connectivity index (χ3n) is 3.49. The standard InChI is InChI=1S/C15H14ClFN2OS/c1-8-11(15(16)19(2)18-8)7-12(20)14-6-9-5-10(17)3-4-13(9)21-14/h3-6,12,20H,7H2,1-2H3. The minimum atomic E-state index is -0.675. The molecule has 1 aromatic carbocycles. The number of aliphatic hydroxyl groups is 1. The van der Waals surface area contributed by atoms with Crippen molar-refractivity contribution in [2.75, 3.05) is 0 Å². The maximum atomic E-state index is 13.2. The smallest absolute Gasteiger partial charge is 0.130 e. The topological polar surface area (TPSA) is 38.0 Å². The zero-order valence-corrected chi connectivity index (χ0v) is 13.2. The van der Waals surface area contributed by atoms with Crippen LogP contribution in [0.25, 0.3) is 10.1 Å². The zero-order valence-electron chi connectivity index (χ0n) is 11.6. The summed E-state index contributed by atoms with van der Waals surface area (Å²) in [5.74, 6) is -0.271. The highest BCUT2D eigenvalue weighted by molar-refractivity contribution is 7.19. The summed E-state index contributed by atoms with van der Waals surface area (Å²) >= 11 is 7.65. The molecule has 3 rings (SSSR count). The van der Waals surface area contributed by atoms with E-state index in [2.05, 4.69) is 5.10 Å². The number of aryl methyl sites for hydroxylation is 2. The van der Waals surface area contributed by atoms with Crippen molar-refractivity contribution in [3.05, 3.63) is 51.4 Å². The van der Waals surface area contributed by atoms with Crippen molar-refractivity contribution in [1.29, 1.82) is 0 Å². The fourth-order valence-electron chi connectivity index (χ4n) is 2.40. The Morgan fingerprint density at radius 3 is 2.86 bits per heavy atom. The largest absolute Gasteiger partial charge is 0.387 e. The van der Waals surface area contributed by atoms with Crippen molar-refractivity contribution in [3.63, 3.8) is 0 Å². The third-order valence-corrected chi connectivity index (χ3v) is 5.18. The van der Waals surface area contributed by atoms with Crippen molar-refractivity contribution in [2.45, 2.75) is 19.4 Å². The number of benzene rings is 1. The first-order valence-electron chi connectivity index (χ1n) is 6.50. The molecule has 2 heterocycles. The van der Waals surface area contributed by atoms with E-state index in [1.165, 1.54) is 23.5 Å². The molecule has 0 radical (unpaired) electrons. The van der Waals surface area contributed by atoms with Crippen molar-refractivity contribution in [3.8, 4) is 0 Å². The van der Waals surface area contributed by atoms with Gasteiger partial charge in [-0.05, 0) is 36.6 Å².